The molecule has 1 aliphatic carbocycles. The van der Waals surface area contributed by atoms with E-state index in [1.165, 1.54) is 42.4 Å². The van der Waals surface area contributed by atoms with E-state index in [1.807, 2.05) is 0 Å². The van der Waals surface area contributed by atoms with Crippen molar-refractivity contribution in [3.63, 3.8) is 0 Å². The van der Waals surface area contributed by atoms with Gasteiger partial charge < -0.3 is 15.8 Å². The normalized spacial score (nSPS) is 15.0. The molecule has 0 saturated heterocycles. The van der Waals surface area contributed by atoms with Gasteiger partial charge in [0.05, 0.1) is 12.6 Å². The number of unbranched alkanes of at least 4 members (excludes halogenated alkanes) is 2. The highest BCUT2D eigenvalue weighted by molar-refractivity contribution is 5.79. The largest absolute Gasteiger partial charge is 0.493 e. The third-order valence-corrected chi connectivity index (χ3v) is 4.62. The lowest BCUT2D eigenvalue weighted by molar-refractivity contribution is -0.119. The van der Waals surface area contributed by atoms with E-state index in [9.17, 15) is 4.79 Å². The van der Waals surface area contributed by atoms with Crippen LogP contribution in [0, 0.1) is 0 Å². The fraction of sp³-hybridized carbons (Fsp3) is 0.632. The number of amides is 1. The number of ether oxygens (including phenoxy) is 1. The Morgan fingerprint density at radius 2 is 2.00 bits per heavy atom. The van der Waals surface area contributed by atoms with Crippen molar-refractivity contribution in [1.82, 2.24) is 5.32 Å². The maximum atomic E-state index is 11.2. The van der Waals surface area contributed by atoms with E-state index in [2.05, 4.69) is 24.4 Å². The Balaban J connectivity index is 2.07. The third kappa shape index (κ3) is 4.96. The molecule has 0 spiro atoms. The van der Waals surface area contributed by atoms with Crippen LogP contribution >= 0.6 is 0 Å². The summed E-state index contributed by atoms with van der Waals surface area (Å²) in [5.41, 5.74) is 9.38. The van der Waals surface area contributed by atoms with Crippen LogP contribution in [0.15, 0.2) is 12.1 Å². The lowest BCUT2D eigenvalue weighted by Gasteiger charge is -2.23. The standard InChI is InChI=1S/C19H30N2O2/c1-3-4-7-12-23-18-11-10-15(13-21-14(2)19(20)22)16-8-5-6-9-17(16)18/h10-11,14,21H,3-9,12-13H2,1-2H3,(H2,20,22)/t14-/m0/s1. The molecule has 0 bridgehead atoms. The van der Waals surface area contributed by atoms with Crippen molar-refractivity contribution in [2.24, 2.45) is 5.73 Å². The summed E-state index contributed by atoms with van der Waals surface area (Å²) in [4.78, 5) is 11.2. The topological polar surface area (TPSA) is 64.3 Å². The minimum atomic E-state index is -0.310. The second-order valence-electron chi connectivity index (χ2n) is 6.45. The molecule has 0 radical (unpaired) electrons. The number of hydrogen-bond donors (Lipinski definition) is 2. The number of nitrogens with two attached hydrogens (primary N) is 1. The molecule has 0 aromatic heterocycles. The summed E-state index contributed by atoms with van der Waals surface area (Å²) < 4.78 is 6.03. The summed E-state index contributed by atoms with van der Waals surface area (Å²) in [5.74, 6) is 0.747. The van der Waals surface area contributed by atoms with Crippen molar-refractivity contribution >= 4 is 5.91 Å². The molecule has 3 N–H and O–H groups in total. The Bertz CT molecular complexity index is 528. The predicted molar refractivity (Wildman–Crippen MR) is 93.6 cm³/mol. The number of carbonyl (C=O) groups is 1. The minimum Gasteiger partial charge on any atom is -0.493 e. The van der Waals surface area contributed by atoms with Gasteiger partial charge >= 0.3 is 0 Å². The lowest BCUT2D eigenvalue weighted by Crippen LogP contribution is -2.38. The average molecular weight is 318 g/mol. The second kappa shape index (κ2) is 8.92. The molecule has 1 atom stereocenters. The van der Waals surface area contributed by atoms with Crippen LogP contribution in [0.25, 0.3) is 0 Å². The van der Waals surface area contributed by atoms with Crippen molar-refractivity contribution in [2.45, 2.75) is 71.4 Å². The maximum absolute atomic E-state index is 11.2. The quantitative estimate of drug-likeness (QED) is 0.688. The number of nitrogens with one attached hydrogen (secondary N) is 1. The highest BCUT2D eigenvalue weighted by Crippen LogP contribution is 2.32. The van der Waals surface area contributed by atoms with E-state index in [0.29, 0.717) is 6.54 Å². The predicted octanol–water partition coefficient (Wildman–Crippen LogP) is 3.10. The van der Waals surface area contributed by atoms with Crippen LogP contribution in [-0.4, -0.2) is 18.6 Å². The zero-order valence-corrected chi connectivity index (χ0v) is 14.5. The van der Waals surface area contributed by atoms with Crippen molar-refractivity contribution < 1.29 is 9.53 Å². The number of fused-ring (bicyclic) bond motifs is 1. The second-order valence-corrected chi connectivity index (χ2v) is 6.45. The Morgan fingerprint density at radius 1 is 1.26 bits per heavy atom. The number of benzene rings is 1. The van der Waals surface area contributed by atoms with Crippen LogP contribution in [0.3, 0.4) is 0 Å². The van der Waals surface area contributed by atoms with Crippen LogP contribution in [0.1, 0.15) is 62.6 Å². The van der Waals surface area contributed by atoms with Gasteiger partial charge in [-0.3, -0.25) is 4.79 Å². The van der Waals surface area contributed by atoms with Crippen LogP contribution in [0.2, 0.25) is 0 Å². The first-order chi connectivity index (χ1) is 11.1. The summed E-state index contributed by atoms with van der Waals surface area (Å²) in [7, 11) is 0. The molecule has 0 fully saturated rings. The molecule has 1 aliphatic rings. The van der Waals surface area contributed by atoms with E-state index in [1.54, 1.807) is 6.92 Å². The molecule has 23 heavy (non-hydrogen) atoms. The van der Waals surface area contributed by atoms with Crippen molar-refractivity contribution in [1.29, 1.82) is 0 Å². The number of rotatable bonds is 9. The zero-order valence-electron chi connectivity index (χ0n) is 14.5. The van der Waals surface area contributed by atoms with Gasteiger partial charge in [-0.25, -0.2) is 0 Å². The summed E-state index contributed by atoms with van der Waals surface area (Å²) in [5, 5.41) is 3.21. The first-order valence-corrected chi connectivity index (χ1v) is 8.92. The molecule has 1 amide bonds. The zero-order chi connectivity index (χ0) is 16.7. The fourth-order valence-electron chi connectivity index (χ4n) is 3.11. The molecule has 0 unspecified atom stereocenters. The molecular formula is C19H30N2O2. The fourth-order valence-corrected chi connectivity index (χ4v) is 3.11. The van der Waals surface area contributed by atoms with E-state index in [4.69, 9.17) is 10.5 Å². The molecule has 1 aromatic carbocycles. The molecule has 1 aromatic rings. The Labute approximate surface area is 139 Å². The van der Waals surface area contributed by atoms with Crippen LogP contribution < -0.4 is 15.8 Å². The van der Waals surface area contributed by atoms with Gasteiger partial charge in [-0.1, -0.05) is 25.8 Å². The Kier molecular flexibility index (Phi) is 6.90. The molecule has 0 aliphatic heterocycles. The Morgan fingerprint density at radius 3 is 2.70 bits per heavy atom. The maximum Gasteiger partial charge on any atom is 0.234 e. The highest BCUT2D eigenvalue weighted by atomic mass is 16.5. The smallest absolute Gasteiger partial charge is 0.234 e. The molecule has 128 valence electrons. The van der Waals surface area contributed by atoms with E-state index < -0.39 is 0 Å². The number of primary amides is 1. The number of hydrogen-bond acceptors (Lipinski definition) is 3. The monoisotopic (exact) mass is 318 g/mol. The minimum absolute atomic E-state index is 0.306. The molecule has 4 heteroatoms. The van der Waals surface area contributed by atoms with Crippen molar-refractivity contribution in [3.8, 4) is 5.75 Å². The first-order valence-electron chi connectivity index (χ1n) is 8.92. The molecule has 2 rings (SSSR count). The molecular weight excluding hydrogens is 288 g/mol. The van der Waals surface area contributed by atoms with E-state index in [0.717, 1.165) is 31.6 Å². The number of carbonyl (C=O) groups excluding carboxylic acids is 1. The van der Waals surface area contributed by atoms with E-state index >= 15 is 0 Å². The third-order valence-electron chi connectivity index (χ3n) is 4.62. The van der Waals surface area contributed by atoms with Crippen molar-refractivity contribution in [2.75, 3.05) is 6.61 Å². The van der Waals surface area contributed by atoms with Crippen LogP contribution in [0.4, 0.5) is 0 Å². The summed E-state index contributed by atoms with van der Waals surface area (Å²) in [6.07, 6.45) is 8.20. The molecule has 4 nitrogen and oxygen atoms in total. The van der Waals surface area contributed by atoms with E-state index in [-0.39, 0.29) is 11.9 Å². The van der Waals surface area contributed by atoms with Crippen molar-refractivity contribution in [3.05, 3.63) is 28.8 Å². The van der Waals surface area contributed by atoms with Gasteiger partial charge in [0.15, 0.2) is 0 Å². The van der Waals surface area contributed by atoms with Gasteiger partial charge in [0.25, 0.3) is 0 Å². The van der Waals surface area contributed by atoms with Gasteiger partial charge in [0.2, 0.25) is 5.91 Å². The van der Waals surface area contributed by atoms with Crippen LogP contribution in [0.5, 0.6) is 5.75 Å². The molecule has 0 saturated carbocycles. The summed E-state index contributed by atoms with van der Waals surface area (Å²) in [6.45, 7) is 5.50. The van der Waals surface area contributed by atoms with Gasteiger partial charge in [0.1, 0.15) is 5.75 Å². The summed E-state index contributed by atoms with van der Waals surface area (Å²) in [6, 6.07) is 3.93. The Hall–Kier alpha value is -1.55. The first kappa shape index (κ1) is 17.8. The SMILES string of the molecule is CCCCCOc1ccc(CN[C@@H](C)C(N)=O)c2c1CCCC2. The lowest BCUT2D eigenvalue weighted by atomic mass is 9.87. The van der Waals surface area contributed by atoms with Gasteiger partial charge in [0, 0.05) is 6.54 Å². The van der Waals surface area contributed by atoms with Gasteiger partial charge in [-0.15, -0.1) is 0 Å². The van der Waals surface area contributed by atoms with Gasteiger partial charge in [-0.2, -0.15) is 0 Å². The van der Waals surface area contributed by atoms with Crippen LogP contribution in [-0.2, 0) is 24.2 Å². The molecule has 0 heterocycles. The highest BCUT2D eigenvalue weighted by Gasteiger charge is 2.18. The average Bonchev–Trinajstić information content (AvgIpc) is 2.57. The summed E-state index contributed by atoms with van der Waals surface area (Å²) >= 11 is 0. The van der Waals surface area contributed by atoms with Gasteiger partial charge in [-0.05, 0) is 61.8 Å².